The highest BCUT2D eigenvalue weighted by Crippen LogP contribution is 2.23. The van der Waals surface area contributed by atoms with E-state index in [1.165, 1.54) is 16.6 Å². The summed E-state index contributed by atoms with van der Waals surface area (Å²) in [6, 6.07) is 7.84. The Bertz CT molecular complexity index is 539. The molecular weight excluding hydrogens is 242 g/mol. The molecule has 0 bridgehead atoms. The second-order valence-electron chi connectivity index (χ2n) is 5.38. The lowest BCUT2D eigenvalue weighted by Gasteiger charge is -2.19. The highest BCUT2D eigenvalue weighted by molar-refractivity contribution is 5.90. The molecule has 0 aliphatic rings. The van der Waals surface area contributed by atoms with E-state index >= 15 is 0 Å². The number of benzene rings is 1. The number of nitrogens with zero attached hydrogens (tertiary/aromatic N) is 4. The van der Waals surface area contributed by atoms with Crippen molar-refractivity contribution in [2.75, 3.05) is 5.32 Å². The van der Waals surface area contributed by atoms with Crippen molar-refractivity contribution in [1.82, 2.24) is 20.2 Å². The predicted molar refractivity (Wildman–Crippen MR) is 71.6 cm³/mol. The molecule has 0 atom stereocenters. The third-order valence-electron chi connectivity index (χ3n) is 2.73. The van der Waals surface area contributed by atoms with Gasteiger partial charge in [-0.2, -0.15) is 0 Å². The molecule has 100 valence electrons. The second kappa shape index (κ2) is 5.17. The third-order valence-corrected chi connectivity index (χ3v) is 2.73. The van der Waals surface area contributed by atoms with E-state index < -0.39 is 0 Å². The number of tetrazole rings is 1. The maximum Gasteiger partial charge on any atom is 0.246 e. The van der Waals surface area contributed by atoms with Gasteiger partial charge in [0.25, 0.3) is 0 Å². The van der Waals surface area contributed by atoms with E-state index in [1.54, 1.807) is 0 Å². The highest BCUT2D eigenvalue weighted by Gasteiger charge is 2.13. The van der Waals surface area contributed by atoms with Crippen LogP contribution < -0.4 is 5.32 Å². The number of hydrogen-bond acceptors (Lipinski definition) is 4. The fourth-order valence-corrected chi connectivity index (χ4v) is 1.65. The smallest absolute Gasteiger partial charge is 0.246 e. The van der Waals surface area contributed by atoms with Gasteiger partial charge in [-0.3, -0.25) is 4.79 Å². The zero-order chi connectivity index (χ0) is 13.9. The lowest BCUT2D eigenvalue weighted by molar-refractivity contribution is -0.116. The van der Waals surface area contributed by atoms with Crippen LogP contribution in [0, 0.1) is 0 Å². The number of aromatic nitrogens is 4. The van der Waals surface area contributed by atoms with Crippen molar-refractivity contribution in [1.29, 1.82) is 0 Å². The molecule has 19 heavy (non-hydrogen) atoms. The molecule has 0 spiro atoms. The minimum Gasteiger partial charge on any atom is -0.324 e. The first-order valence-electron chi connectivity index (χ1n) is 6.06. The van der Waals surface area contributed by atoms with Crippen molar-refractivity contribution in [3.05, 3.63) is 36.2 Å². The van der Waals surface area contributed by atoms with Gasteiger partial charge in [-0.05, 0) is 33.5 Å². The first kappa shape index (κ1) is 13.2. The second-order valence-corrected chi connectivity index (χ2v) is 5.38. The molecule has 6 heteroatoms. The summed E-state index contributed by atoms with van der Waals surface area (Å²) in [6.45, 7) is 6.56. The Morgan fingerprint density at radius 2 is 1.95 bits per heavy atom. The van der Waals surface area contributed by atoms with Crippen LogP contribution in [0.5, 0.6) is 0 Å². The molecule has 0 radical (unpaired) electrons. The Balaban J connectivity index is 1.98. The van der Waals surface area contributed by atoms with Gasteiger partial charge in [0, 0.05) is 5.69 Å². The van der Waals surface area contributed by atoms with Crippen LogP contribution in [0.4, 0.5) is 5.69 Å². The standard InChI is InChI=1S/C13H17N5O/c1-13(2,3)10-4-6-11(7-5-10)15-12(19)8-18-9-14-16-17-18/h4-7,9H,8H2,1-3H3,(H,15,19). The molecule has 0 fully saturated rings. The number of anilines is 1. The van der Waals surface area contributed by atoms with Gasteiger partial charge < -0.3 is 5.32 Å². The Hall–Kier alpha value is -2.24. The number of hydrogen-bond donors (Lipinski definition) is 1. The van der Waals surface area contributed by atoms with Crippen molar-refractivity contribution in [2.24, 2.45) is 0 Å². The van der Waals surface area contributed by atoms with E-state index in [0.29, 0.717) is 0 Å². The van der Waals surface area contributed by atoms with Crippen LogP contribution in [0.3, 0.4) is 0 Å². The monoisotopic (exact) mass is 259 g/mol. The lowest BCUT2D eigenvalue weighted by atomic mass is 9.87. The van der Waals surface area contributed by atoms with Crippen molar-refractivity contribution in [2.45, 2.75) is 32.7 Å². The van der Waals surface area contributed by atoms with Crippen LogP contribution in [-0.4, -0.2) is 26.1 Å². The number of nitrogens with one attached hydrogen (secondary N) is 1. The maximum absolute atomic E-state index is 11.7. The van der Waals surface area contributed by atoms with Gasteiger partial charge in [-0.15, -0.1) is 5.10 Å². The molecule has 6 nitrogen and oxygen atoms in total. The Morgan fingerprint density at radius 1 is 1.26 bits per heavy atom. The van der Waals surface area contributed by atoms with Gasteiger partial charge >= 0.3 is 0 Å². The number of carbonyl (C=O) groups is 1. The molecule has 1 heterocycles. The summed E-state index contributed by atoms with van der Waals surface area (Å²) < 4.78 is 1.37. The van der Waals surface area contributed by atoms with Crippen LogP contribution in [0.2, 0.25) is 0 Å². The van der Waals surface area contributed by atoms with E-state index in [2.05, 4.69) is 41.6 Å². The number of amides is 1. The Kier molecular flexibility index (Phi) is 3.59. The van der Waals surface area contributed by atoms with Crippen LogP contribution in [0.25, 0.3) is 0 Å². The van der Waals surface area contributed by atoms with E-state index in [4.69, 9.17) is 0 Å². The van der Waals surface area contributed by atoms with Gasteiger partial charge in [0.15, 0.2) is 0 Å². The van der Waals surface area contributed by atoms with Crippen molar-refractivity contribution in [3.8, 4) is 0 Å². The SMILES string of the molecule is CC(C)(C)c1ccc(NC(=O)Cn2cnnn2)cc1. The third kappa shape index (κ3) is 3.61. The first-order valence-corrected chi connectivity index (χ1v) is 6.06. The Labute approximate surface area is 111 Å². The summed E-state index contributed by atoms with van der Waals surface area (Å²) in [7, 11) is 0. The minimum atomic E-state index is -0.157. The summed E-state index contributed by atoms with van der Waals surface area (Å²) in [6.07, 6.45) is 1.41. The van der Waals surface area contributed by atoms with Crippen molar-refractivity contribution >= 4 is 11.6 Å². The molecule has 0 saturated carbocycles. The molecule has 1 N–H and O–H groups in total. The van der Waals surface area contributed by atoms with E-state index in [-0.39, 0.29) is 17.9 Å². The summed E-state index contributed by atoms with van der Waals surface area (Å²) in [5.41, 5.74) is 2.10. The topological polar surface area (TPSA) is 72.7 Å². The lowest BCUT2D eigenvalue weighted by Crippen LogP contribution is -2.19. The molecule has 0 aliphatic carbocycles. The molecule has 1 aromatic carbocycles. The minimum absolute atomic E-state index is 0.105. The van der Waals surface area contributed by atoms with Crippen molar-refractivity contribution in [3.63, 3.8) is 0 Å². The average Bonchev–Trinajstić information content (AvgIpc) is 2.81. The van der Waals surface area contributed by atoms with Crippen LogP contribution in [0.1, 0.15) is 26.3 Å². The summed E-state index contributed by atoms with van der Waals surface area (Å²) >= 11 is 0. The molecule has 0 unspecified atom stereocenters. The molecule has 0 saturated heterocycles. The molecule has 2 aromatic rings. The fourth-order valence-electron chi connectivity index (χ4n) is 1.65. The highest BCUT2D eigenvalue weighted by atomic mass is 16.2. The summed E-state index contributed by atoms with van der Waals surface area (Å²) in [5.74, 6) is -0.157. The largest absolute Gasteiger partial charge is 0.324 e. The zero-order valence-corrected chi connectivity index (χ0v) is 11.3. The maximum atomic E-state index is 11.7. The van der Waals surface area contributed by atoms with Gasteiger partial charge in [-0.1, -0.05) is 32.9 Å². The molecule has 2 rings (SSSR count). The fraction of sp³-hybridized carbons (Fsp3) is 0.385. The van der Waals surface area contributed by atoms with E-state index in [0.717, 1.165) is 5.69 Å². The van der Waals surface area contributed by atoms with Crippen LogP contribution in [0.15, 0.2) is 30.6 Å². The zero-order valence-electron chi connectivity index (χ0n) is 11.3. The Morgan fingerprint density at radius 3 is 2.47 bits per heavy atom. The normalized spacial score (nSPS) is 11.3. The number of carbonyl (C=O) groups excluding carboxylic acids is 1. The first-order chi connectivity index (χ1) is 8.95. The van der Waals surface area contributed by atoms with Crippen LogP contribution in [-0.2, 0) is 16.8 Å². The average molecular weight is 259 g/mol. The van der Waals surface area contributed by atoms with Gasteiger partial charge in [-0.25, -0.2) is 4.68 Å². The van der Waals surface area contributed by atoms with Gasteiger partial charge in [0.2, 0.25) is 5.91 Å². The molecule has 1 aromatic heterocycles. The van der Waals surface area contributed by atoms with Crippen molar-refractivity contribution < 1.29 is 4.79 Å². The number of rotatable bonds is 3. The summed E-state index contributed by atoms with van der Waals surface area (Å²) in [5, 5.41) is 13.4. The quantitative estimate of drug-likeness (QED) is 0.908. The molecular formula is C13H17N5O. The van der Waals surface area contributed by atoms with Gasteiger partial charge in [0.05, 0.1) is 0 Å². The molecule has 1 amide bonds. The van der Waals surface area contributed by atoms with Crippen LogP contribution >= 0.6 is 0 Å². The summed E-state index contributed by atoms with van der Waals surface area (Å²) in [4.78, 5) is 11.7. The van der Waals surface area contributed by atoms with Gasteiger partial charge in [0.1, 0.15) is 12.9 Å². The molecule has 0 aliphatic heterocycles. The van der Waals surface area contributed by atoms with E-state index in [1.807, 2.05) is 24.3 Å². The predicted octanol–water partition coefficient (Wildman–Crippen LogP) is 1.61. The van der Waals surface area contributed by atoms with E-state index in [9.17, 15) is 4.79 Å².